The van der Waals surface area contributed by atoms with Crippen molar-refractivity contribution >= 4 is 9.84 Å². The zero-order valence-corrected chi connectivity index (χ0v) is 13.4. The van der Waals surface area contributed by atoms with Gasteiger partial charge >= 0.3 is 6.61 Å². The number of ether oxygens (including phenoxy) is 1. The molecule has 1 aliphatic heterocycles. The van der Waals surface area contributed by atoms with Crippen LogP contribution in [0.2, 0.25) is 0 Å². The van der Waals surface area contributed by atoms with Crippen molar-refractivity contribution in [3.63, 3.8) is 0 Å². The molecule has 124 valence electrons. The number of alkyl halides is 2. The molecule has 2 rings (SSSR count). The van der Waals surface area contributed by atoms with Crippen LogP contribution >= 0.6 is 0 Å². The summed E-state index contributed by atoms with van der Waals surface area (Å²) in [5, 5.41) is 0. The first-order valence-electron chi connectivity index (χ1n) is 7.38. The van der Waals surface area contributed by atoms with E-state index < -0.39 is 16.4 Å². The summed E-state index contributed by atoms with van der Waals surface area (Å²) in [5.41, 5.74) is 0.653. The number of rotatable bonds is 7. The first kappa shape index (κ1) is 17.1. The zero-order valence-electron chi connectivity index (χ0n) is 12.5. The number of para-hydroxylation sites is 1. The van der Waals surface area contributed by atoms with E-state index in [0.29, 0.717) is 18.5 Å². The van der Waals surface area contributed by atoms with E-state index in [9.17, 15) is 17.2 Å². The number of benzene rings is 1. The van der Waals surface area contributed by atoms with E-state index in [1.807, 2.05) is 6.92 Å². The third kappa shape index (κ3) is 4.64. The molecule has 0 radical (unpaired) electrons. The van der Waals surface area contributed by atoms with Crippen LogP contribution in [0.4, 0.5) is 8.78 Å². The Morgan fingerprint density at radius 1 is 1.36 bits per heavy atom. The highest BCUT2D eigenvalue weighted by molar-refractivity contribution is 7.91. The molecule has 0 unspecified atom stereocenters. The molecule has 7 heteroatoms. The summed E-state index contributed by atoms with van der Waals surface area (Å²) < 4.78 is 52.8. The number of halogens is 2. The standard InChI is InChI=1S/C15H21F2NO3S/c1-2-8-18(13-7-9-22(19,20)11-13)10-12-5-3-4-6-14(12)21-15(16)17/h3-6,13,15H,2,7-11H2,1H3/t13-/m0/s1. The van der Waals surface area contributed by atoms with Gasteiger partial charge in [0.1, 0.15) is 5.75 Å². The van der Waals surface area contributed by atoms with E-state index >= 15 is 0 Å². The van der Waals surface area contributed by atoms with E-state index in [1.54, 1.807) is 18.2 Å². The van der Waals surface area contributed by atoms with Crippen molar-refractivity contribution in [3.05, 3.63) is 29.8 Å². The highest BCUT2D eigenvalue weighted by Gasteiger charge is 2.32. The highest BCUT2D eigenvalue weighted by atomic mass is 32.2. The molecule has 1 atom stereocenters. The van der Waals surface area contributed by atoms with E-state index in [-0.39, 0.29) is 23.3 Å². The van der Waals surface area contributed by atoms with Gasteiger partial charge in [-0.25, -0.2) is 8.42 Å². The Kier molecular flexibility index (Phi) is 5.74. The van der Waals surface area contributed by atoms with Gasteiger partial charge in [0, 0.05) is 18.2 Å². The summed E-state index contributed by atoms with van der Waals surface area (Å²) >= 11 is 0. The molecule has 1 saturated heterocycles. The normalized spacial score (nSPS) is 20.7. The lowest BCUT2D eigenvalue weighted by Gasteiger charge is -2.28. The van der Waals surface area contributed by atoms with Gasteiger partial charge in [-0.05, 0) is 25.5 Å². The lowest BCUT2D eigenvalue weighted by Crippen LogP contribution is -2.36. The smallest absolute Gasteiger partial charge is 0.387 e. The van der Waals surface area contributed by atoms with Crippen LogP contribution < -0.4 is 4.74 Å². The molecule has 1 heterocycles. The van der Waals surface area contributed by atoms with Crippen molar-refractivity contribution in [2.75, 3.05) is 18.1 Å². The molecular weight excluding hydrogens is 312 g/mol. The van der Waals surface area contributed by atoms with Crippen LogP contribution in [-0.4, -0.2) is 44.0 Å². The average Bonchev–Trinajstić information content (AvgIpc) is 2.80. The molecule has 0 bridgehead atoms. The van der Waals surface area contributed by atoms with Crippen LogP contribution in [0.25, 0.3) is 0 Å². The summed E-state index contributed by atoms with van der Waals surface area (Å²) in [6.45, 7) is 0.283. The molecule has 1 fully saturated rings. The summed E-state index contributed by atoms with van der Waals surface area (Å²) in [7, 11) is -2.97. The van der Waals surface area contributed by atoms with E-state index in [2.05, 4.69) is 9.64 Å². The van der Waals surface area contributed by atoms with Crippen LogP contribution in [0.5, 0.6) is 5.75 Å². The number of hydrogen-bond acceptors (Lipinski definition) is 4. The Bertz CT molecular complexity index is 592. The Morgan fingerprint density at radius 3 is 2.68 bits per heavy atom. The third-order valence-electron chi connectivity index (χ3n) is 3.80. The van der Waals surface area contributed by atoms with Crippen molar-refractivity contribution in [3.8, 4) is 5.75 Å². The topological polar surface area (TPSA) is 46.6 Å². The van der Waals surface area contributed by atoms with Crippen LogP contribution in [0.15, 0.2) is 24.3 Å². The first-order chi connectivity index (χ1) is 10.4. The van der Waals surface area contributed by atoms with Gasteiger partial charge < -0.3 is 4.74 Å². The Hall–Kier alpha value is -1.21. The molecule has 0 aliphatic carbocycles. The predicted molar refractivity (Wildman–Crippen MR) is 80.8 cm³/mol. The zero-order chi connectivity index (χ0) is 16.2. The van der Waals surface area contributed by atoms with Crippen molar-refractivity contribution in [1.29, 1.82) is 0 Å². The van der Waals surface area contributed by atoms with Crippen molar-refractivity contribution < 1.29 is 21.9 Å². The molecule has 0 aromatic heterocycles. The fourth-order valence-electron chi connectivity index (χ4n) is 2.81. The SMILES string of the molecule is CCCN(Cc1ccccc1OC(F)F)[C@H]1CCS(=O)(=O)C1. The van der Waals surface area contributed by atoms with Gasteiger partial charge in [0.2, 0.25) is 0 Å². The van der Waals surface area contributed by atoms with Gasteiger partial charge in [0.05, 0.1) is 11.5 Å². The molecule has 1 aromatic carbocycles. The van der Waals surface area contributed by atoms with Crippen LogP contribution in [0.3, 0.4) is 0 Å². The molecule has 0 saturated carbocycles. The summed E-state index contributed by atoms with van der Waals surface area (Å²) in [5.74, 6) is 0.497. The van der Waals surface area contributed by atoms with Crippen molar-refractivity contribution in [2.45, 2.75) is 39.0 Å². The monoisotopic (exact) mass is 333 g/mol. The van der Waals surface area contributed by atoms with Gasteiger partial charge in [0.15, 0.2) is 9.84 Å². The molecular formula is C15H21F2NO3S. The lowest BCUT2D eigenvalue weighted by molar-refractivity contribution is -0.0508. The molecule has 1 aromatic rings. The minimum absolute atomic E-state index is 0.0513. The largest absolute Gasteiger partial charge is 0.434 e. The van der Waals surface area contributed by atoms with Gasteiger partial charge in [-0.15, -0.1) is 0 Å². The third-order valence-corrected chi connectivity index (χ3v) is 5.55. The maximum Gasteiger partial charge on any atom is 0.387 e. The molecule has 0 N–H and O–H groups in total. The predicted octanol–water partition coefficient (Wildman–Crippen LogP) is 2.69. The second kappa shape index (κ2) is 7.37. The van der Waals surface area contributed by atoms with Gasteiger partial charge in [-0.2, -0.15) is 8.78 Å². The maximum absolute atomic E-state index is 12.5. The van der Waals surface area contributed by atoms with Gasteiger partial charge in [-0.3, -0.25) is 4.90 Å². The fourth-order valence-corrected chi connectivity index (χ4v) is 4.57. The van der Waals surface area contributed by atoms with Gasteiger partial charge in [-0.1, -0.05) is 25.1 Å². The quantitative estimate of drug-likeness (QED) is 0.770. The lowest BCUT2D eigenvalue weighted by atomic mass is 10.1. The van der Waals surface area contributed by atoms with Crippen LogP contribution in [-0.2, 0) is 16.4 Å². The minimum Gasteiger partial charge on any atom is -0.434 e. The average molecular weight is 333 g/mol. The maximum atomic E-state index is 12.5. The molecule has 0 spiro atoms. The minimum atomic E-state index is -2.97. The Morgan fingerprint density at radius 2 is 2.09 bits per heavy atom. The second-order valence-corrected chi connectivity index (χ2v) is 7.74. The van der Waals surface area contributed by atoms with E-state index in [4.69, 9.17) is 0 Å². The number of nitrogens with zero attached hydrogens (tertiary/aromatic N) is 1. The first-order valence-corrected chi connectivity index (χ1v) is 9.20. The van der Waals surface area contributed by atoms with Crippen LogP contribution in [0.1, 0.15) is 25.3 Å². The number of sulfone groups is 1. The van der Waals surface area contributed by atoms with E-state index in [1.165, 1.54) is 6.07 Å². The van der Waals surface area contributed by atoms with Crippen LogP contribution in [0, 0.1) is 0 Å². The molecule has 4 nitrogen and oxygen atoms in total. The van der Waals surface area contributed by atoms with Gasteiger partial charge in [0.25, 0.3) is 0 Å². The highest BCUT2D eigenvalue weighted by Crippen LogP contribution is 2.25. The van der Waals surface area contributed by atoms with Crippen molar-refractivity contribution in [2.24, 2.45) is 0 Å². The van der Waals surface area contributed by atoms with E-state index in [0.717, 1.165) is 13.0 Å². The summed E-state index contributed by atoms with van der Waals surface area (Å²) in [6, 6.07) is 6.61. The Balaban J connectivity index is 2.14. The number of hydrogen-bond donors (Lipinski definition) is 0. The molecule has 1 aliphatic rings. The fraction of sp³-hybridized carbons (Fsp3) is 0.600. The van der Waals surface area contributed by atoms with Crippen molar-refractivity contribution in [1.82, 2.24) is 4.90 Å². The Labute approximate surface area is 130 Å². The summed E-state index contributed by atoms with van der Waals surface area (Å²) in [6.07, 6.45) is 1.47. The second-order valence-electron chi connectivity index (χ2n) is 5.51. The molecule has 22 heavy (non-hydrogen) atoms. The summed E-state index contributed by atoms with van der Waals surface area (Å²) in [4.78, 5) is 2.05. The molecule has 0 amide bonds.